The third-order valence-electron chi connectivity index (χ3n) is 3.28. The van der Waals surface area contributed by atoms with E-state index in [1.165, 1.54) is 4.88 Å². The summed E-state index contributed by atoms with van der Waals surface area (Å²) >= 11 is 7.24. The van der Waals surface area contributed by atoms with Crippen LogP contribution in [0.2, 0.25) is 0 Å². The van der Waals surface area contributed by atoms with Crippen molar-refractivity contribution in [1.82, 2.24) is 19.2 Å². The molecule has 2 heterocycles. The van der Waals surface area contributed by atoms with E-state index in [0.717, 1.165) is 25.9 Å². The molecule has 2 aromatic heterocycles. The Morgan fingerprint density at radius 3 is 2.90 bits per heavy atom. The Morgan fingerprint density at radius 1 is 1.48 bits per heavy atom. The third-order valence-corrected chi connectivity index (χ3v) is 4.65. The standard InChI is InChI=1S/C14H22N4OS2/c1-3-7-17-13(10-19)15-18(14(17)20)11-16(2)8-6-12-5-4-9-21-12/h4-5,9,19H,3,6-8,10-11H2,1-2H3. The molecule has 5 nitrogen and oxygen atoms in total. The van der Waals surface area contributed by atoms with Crippen LogP contribution in [0.15, 0.2) is 17.5 Å². The minimum absolute atomic E-state index is 0.0739. The molecule has 21 heavy (non-hydrogen) atoms. The van der Waals surface area contributed by atoms with Crippen LogP contribution < -0.4 is 0 Å². The fourth-order valence-corrected chi connectivity index (χ4v) is 3.19. The smallest absolute Gasteiger partial charge is 0.199 e. The first-order valence-electron chi connectivity index (χ1n) is 7.14. The lowest BCUT2D eigenvalue weighted by Gasteiger charge is -2.15. The molecule has 0 saturated carbocycles. The van der Waals surface area contributed by atoms with Crippen molar-refractivity contribution >= 4 is 23.6 Å². The van der Waals surface area contributed by atoms with E-state index in [1.54, 1.807) is 16.0 Å². The molecule has 0 aliphatic carbocycles. The minimum Gasteiger partial charge on any atom is -0.388 e. The van der Waals surface area contributed by atoms with E-state index in [1.807, 2.05) is 4.57 Å². The number of aromatic nitrogens is 3. The Hall–Kier alpha value is -1.02. The van der Waals surface area contributed by atoms with Crippen molar-refractivity contribution in [2.45, 2.75) is 39.6 Å². The Labute approximate surface area is 134 Å². The summed E-state index contributed by atoms with van der Waals surface area (Å²) in [5, 5.41) is 15.9. The molecular formula is C14H22N4OS2. The van der Waals surface area contributed by atoms with Crippen molar-refractivity contribution in [2.75, 3.05) is 13.6 Å². The number of hydrogen-bond donors (Lipinski definition) is 1. The summed E-state index contributed by atoms with van der Waals surface area (Å²) in [6, 6.07) is 4.24. The Kier molecular flexibility index (Phi) is 6.10. The predicted octanol–water partition coefficient (Wildman–Crippen LogP) is 2.51. The van der Waals surface area contributed by atoms with Gasteiger partial charge in [0.05, 0.1) is 6.67 Å². The van der Waals surface area contributed by atoms with E-state index in [9.17, 15) is 5.11 Å². The maximum atomic E-state index is 9.39. The number of thiophene rings is 1. The minimum atomic E-state index is -0.0739. The molecule has 0 unspecified atom stereocenters. The number of nitrogens with zero attached hydrogens (tertiary/aromatic N) is 4. The number of rotatable bonds is 8. The first kappa shape index (κ1) is 16.4. The molecule has 0 aromatic carbocycles. The second-order valence-corrected chi connectivity index (χ2v) is 6.46. The first-order chi connectivity index (χ1) is 10.2. The molecule has 0 saturated heterocycles. The fraction of sp³-hybridized carbons (Fsp3) is 0.571. The summed E-state index contributed by atoms with van der Waals surface area (Å²) < 4.78 is 4.40. The quantitative estimate of drug-likeness (QED) is 0.757. The summed E-state index contributed by atoms with van der Waals surface area (Å²) in [7, 11) is 2.06. The van der Waals surface area contributed by atoms with Crippen LogP contribution in [0.1, 0.15) is 24.0 Å². The largest absolute Gasteiger partial charge is 0.388 e. The number of likely N-dealkylation sites (N-methyl/N-ethyl adjacent to an activating group) is 1. The van der Waals surface area contributed by atoms with Crippen LogP contribution >= 0.6 is 23.6 Å². The lowest BCUT2D eigenvalue weighted by molar-refractivity contribution is 0.246. The van der Waals surface area contributed by atoms with Gasteiger partial charge in [0.2, 0.25) is 0 Å². The van der Waals surface area contributed by atoms with Crippen LogP contribution in [0.5, 0.6) is 0 Å². The topological polar surface area (TPSA) is 46.2 Å². The zero-order chi connectivity index (χ0) is 15.2. The monoisotopic (exact) mass is 326 g/mol. The molecule has 0 radical (unpaired) electrons. The van der Waals surface area contributed by atoms with Gasteiger partial charge in [-0.05, 0) is 43.6 Å². The highest BCUT2D eigenvalue weighted by atomic mass is 32.1. The molecule has 0 bridgehead atoms. The molecule has 0 aliphatic rings. The van der Waals surface area contributed by atoms with Gasteiger partial charge in [0.1, 0.15) is 6.61 Å². The lowest BCUT2D eigenvalue weighted by atomic mass is 10.3. The number of hydrogen-bond acceptors (Lipinski definition) is 5. The normalized spacial score (nSPS) is 11.4. The van der Waals surface area contributed by atoms with Gasteiger partial charge in [-0.3, -0.25) is 4.90 Å². The van der Waals surface area contributed by atoms with E-state index in [2.05, 4.69) is 41.5 Å². The van der Waals surface area contributed by atoms with Crippen molar-refractivity contribution in [3.63, 3.8) is 0 Å². The molecule has 0 fully saturated rings. The van der Waals surface area contributed by atoms with Crippen LogP contribution in [0.4, 0.5) is 0 Å². The van der Waals surface area contributed by atoms with Gasteiger partial charge >= 0.3 is 0 Å². The highest BCUT2D eigenvalue weighted by molar-refractivity contribution is 7.71. The van der Waals surface area contributed by atoms with Gasteiger partial charge in [0, 0.05) is 18.0 Å². The second-order valence-electron chi connectivity index (χ2n) is 5.06. The molecule has 7 heteroatoms. The van der Waals surface area contributed by atoms with Gasteiger partial charge in [0.25, 0.3) is 0 Å². The van der Waals surface area contributed by atoms with E-state index in [-0.39, 0.29) is 6.61 Å². The van der Waals surface area contributed by atoms with Crippen LogP contribution in [0, 0.1) is 4.77 Å². The molecule has 1 N–H and O–H groups in total. The van der Waals surface area contributed by atoms with Crippen LogP contribution in [0.25, 0.3) is 0 Å². The Bertz CT molecular complexity index is 603. The highest BCUT2D eigenvalue weighted by Crippen LogP contribution is 2.10. The molecular weight excluding hydrogens is 304 g/mol. The van der Waals surface area contributed by atoms with Gasteiger partial charge in [-0.25, -0.2) is 4.68 Å². The average Bonchev–Trinajstić information content (AvgIpc) is 3.08. The summed E-state index contributed by atoms with van der Waals surface area (Å²) in [4.78, 5) is 3.58. The van der Waals surface area contributed by atoms with Gasteiger partial charge < -0.3 is 9.67 Å². The number of aliphatic hydroxyl groups is 1. The van der Waals surface area contributed by atoms with Crippen molar-refractivity contribution in [3.05, 3.63) is 33.0 Å². The summed E-state index contributed by atoms with van der Waals surface area (Å²) in [6.07, 6.45) is 2.01. The van der Waals surface area contributed by atoms with E-state index in [0.29, 0.717) is 17.3 Å². The molecule has 116 valence electrons. The molecule has 0 amide bonds. The van der Waals surface area contributed by atoms with Gasteiger partial charge in [-0.1, -0.05) is 13.0 Å². The van der Waals surface area contributed by atoms with Crippen molar-refractivity contribution in [2.24, 2.45) is 0 Å². The average molecular weight is 326 g/mol. The molecule has 0 atom stereocenters. The van der Waals surface area contributed by atoms with Crippen molar-refractivity contribution in [1.29, 1.82) is 0 Å². The molecule has 0 spiro atoms. The summed E-state index contributed by atoms with van der Waals surface area (Å²) in [5.74, 6) is 0.647. The first-order valence-corrected chi connectivity index (χ1v) is 8.42. The van der Waals surface area contributed by atoms with Crippen LogP contribution in [-0.4, -0.2) is 37.9 Å². The fourth-order valence-electron chi connectivity index (χ4n) is 2.20. The van der Waals surface area contributed by atoms with Crippen LogP contribution in [-0.2, 0) is 26.2 Å². The highest BCUT2D eigenvalue weighted by Gasteiger charge is 2.10. The van der Waals surface area contributed by atoms with Crippen molar-refractivity contribution < 1.29 is 5.11 Å². The van der Waals surface area contributed by atoms with E-state index in [4.69, 9.17) is 12.2 Å². The Morgan fingerprint density at radius 2 is 2.29 bits per heavy atom. The third kappa shape index (κ3) is 4.23. The summed E-state index contributed by atoms with van der Waals surface area (Å²) in [6.45, 7) is 4.42. The lowest BCUT2D eigenvalue weighted by Crippen LogP contribution is -2.25. The maximum Gasteiger partial charge on any atom is 0.199 e. The van der Waals surface area contributed by atoms with Gasteiger partial charge in [0.15, 0.2) is 10.6 Å². The van der Waals surface area contributed by atoms with E-state index < -0.39 is 0 Å². The van der Waals surface area contributed by atoms with Crippen LogP contribution in [0.3, 0.4) is 0 Å². The SMILES string of the molecule is CCCn1c(CO)nn(CN(C)CCc2cccs2)c1=S. The maximum absolute atomic E-state index is 9.39. The van der Waals surface area contributed by atoms with Gasteiger partial charge in [-0.2, -0.15) is 5.10 Å². The van der Waals surface area contributed by atoms with Crippen molar-refractivity contribution in [3.8, 4) is 0 Å². The van der Waals surface area contributed by atoms with E-state index >= 15 is 0 Å². The zero-order valence-electron chi connectivity index (χ0n) is 12.5. The Balaban J connectivity index is 2.00. The molecule has 0 aliphatic heterocycles. The molecule has 2 rings (SSSR count). The molecule has 2 aromatic rings. The predicted molar refractivity (Wildman–Crippen MR) is 87.9 cm³/mol. The second kappa shape index (κ2) is 7.84. The van der Waals surface area contributed by atoms with Gasteiger partial charge in [-0.15, -0.1) is 11.3 Å². The number of aliphatic hydroxyl groups excluding tert-OH is 1. The zero-order valence-corrected chi connectivity index (χ0v) is 14.2. The summed E-state index contributed by atoms with van der Waals surface area (Å²) in [5.41, 5.74) is 0.